The molecule has 2 amide bonds. The molecule has 10 heteroatoms. The van der Waals surface area contributed by atoms with E-state index in [1.54, 1.807) is 13.2 Å². The summed E-state index contributed by atoms with van der Waals surface area (Å²) in [7, 11) is -2.09. The minimum Gasteiger partial charge on any atom is -0.497 e. The number of fused-ring (bicyclic) bond motifs is 4. The van der Waals surface area contributed by atoms with Crippen molar-refractivity contribution in [2.45, 2.75) is 113 Å². The van der Waals surface area contributed by atoms with Crippen LogP contribution >= 0.6 is 0 Å². The van der Waals surface area contributed by atoms with E-state index < -0.39 is 26.6 Å². The van der Waals surface area contributed by atoms with Crippen LogP contribution in [0.1, 0.15) is 105 Å². The fourth-order valence-electron chi connectivity index (χ4n) is 9.17. The molecule has 3 aromatic rings. The number of nitrogens with zero attached hydrogens (tertiary/aromatic N) is 2. The number of benzene rings is 2. The van der Waals surface area contributed by atoms with Crippen LogP contribution in [0.15, 0.2) is 42.5 Å². The van der Waals surface area contributed by atoms with Gasteiger partial charge in [-0.15, -0.1) is 0 Å². The Hall–Kier alpha value is -3.37. The van der Waals surface area contributed by atoms with Crippen LogP contribution in [0.5, 0.6) is 5.75 Å². The predicted molar refractivity (Wildman–Crippen MR) is 187 cm³/mol. The number of sulfonamides is 1. The summed E-state index contributed by atoms with van der Waals surface area (Å²) in [6.07, 6.45) is 12.5. The molecule has 4 heterocycles. The van der Waals surface area contributed by atoms with Crippen molar-refractivity contribution in [2.24, 2.45) is 5.41 Å². The second-order valence-corrected chi connectivity index (χ2v) is 17.1. The minimum atomic E-state index is -3.76. The Morgan fingerprint density at radius 2 is 1.67 bits per heavy atom. The van der Waals surface area contributed by atoms with Gasteiger partial charge in [-0.05, 0) is 105 Å². The molecule has 2 aromatic carbocycles. The number of hydrogen-bond donors (Lipinski definition) is 2. The molecule has 3 aliphatic heterocycles. The molecule has 2 unspecified atom stereocenters. The largest absolute Gasteiger partial charge is 0.497 e. The van der Waals surface area contributed by atoms with Gasteiger partial charge in [0.15, 0.2) is 0 Å². The smallest absolute Gasteiger partial charge is 0.264 e. The van der Waals surface area contributed by atoms with Crippen molar-refractivity contribution < 1.29 is 22.7 Å². The zero-order chi connectivity index (χ0) is 33.0. The highest BCUT2D eigenvalue weighted by Gasteiger charge is 2.54. The van der Waals surface area contributed by atoms with Gasteiger partial charge >= 0.3 is 0 Å². The van der Waals surface area contributed by atoms with Gasteiger partial charge in [0.2, 0.25) is 15.9 Å². The van der Waals surface area contributed by atoms with Crippen LogP contribution in [0, 0.1) is 5.41 Å². The number of hydrogen-bond acceptors (Lipinski definition) is 6. The van der Waals surface area contributed by atoms with Gasteiger partial charge in [0.1, 0.15) is 5.75 Å². The molecule has 6 fully saturated rings. The van der Waals surface area contributed by atoms with Crippen molar-refractivity contribution in [3.05, 3.63) is 53.6 Å². The van der Waals surface area contributed by atoms with E-state index in [0.29, 0.717) is 36.9 Å². The first kappa shape index (κ1) is 31.9. The van der Waals surface area contributed by atoms with Crippen LogP contribution < -0.4 is 14.8 Å². The SMILES string of the molecule is COc1ccc(-c2c(C3CCCCC3)c3ccc(C(=O)NS(=O)(=O)C4CCCC4)cc3n2CC2(C(=O)N3CC4CCC3CN4)CC2)cc1. The van der Waals surface area contributed by atoms with E-state index in [-0.39, 0.29) is 11.9 Å². The topological polar surface area (TPSA) is 110 Å². The number of nitrogens with one attached hydrogen (secondary N) is 2. The molecule has 3 aliphatic carbocycles. The number of aromatic nitrogens is 1. The van der Waals surface area contributed by atoms with Crippen LogP contribution in [0.25, 0.3) is 22.2 Å². The summed E-state index contributed by atoms with van der Waals surface area (Å²) in [6.45, 7) is 2.17. The lowest BCUT2D eigenvalue weighted by atomic mass is 9.81. The molecule has 9 rings (SSSR count). The lowest BCUT2D eigenvalue weighted by Gasteiger charge is -2.47. The summed E-state index contributed by atoms with van der Waals surface area (Å²) in [4.78, 5) is 30.2. The Kier molecular flexibility index (Phi) is 8.30. The van der Waals surface area contributed by atoms with Gasteiger partial charge < -0.3 is 19.5 Å². The van der Waals surface area contributed by atoms with E-state index in [0.717, 1.165) is 92.4 Å². The van der Waals surface area contributed by atoms with Gasteiger partial charge in [0.25, 0.3) is 5.91 Å². The maximum Gasteiger partial charge on any atom is 0.264 e. The molecule has 0 spiro atoms. The molecular formula is C38H48N4O5S. The third-order valence-electron chi connectivity index (χ3n) is 12.1. The number of piperazine rings is 1. The quantitative estimate of drug-likeness (QED) is 0.284. The van der Waals surface area contributed by atoms with E-state index in [9.17, 15) is 18.0 Å². The van der Waals surface area contributed by atoms with Crippen LogP contribution in [0.4, 0.5) is 0 Å². The first-order valence-corrected chi connectivity index (χ1v) is 19.7. The normalized spacial score (nSPS) is 24.2. The first-order chi connectivity index (χ1) is 23.3. The Morgan fingerprint density at radius 1 is 0.938 bits per heavy atom. The van der Waals surface area contributed by atoms with Gasteiger partial charge in [-0.3, -0.25) is 9.59 Å². The fraction of sp³-hybridized carbons (Fsp3) is 0.579. The fourth-order valence-corrected chi connectivity index (χ4v) is 10.7. The van der Waals surface area contributed by atoms with E-state index in [1.807, 2.05) is 24.3 Å². The molecule has 256 valence electrons. The molecule has 9 nitrogen and oxygen atoms in total. The molecule has 1 aromatic heterocycles. The van der Waals surface area contributed by atoms with E-state index in [1.165, 1.54) is 24.8 Å². The van der Waals surface area contributed by atoms with Gasteiger partial charge in [-0.1, -0.05) is 38.2 Å². The Bertz CT molecular complexity index is 1810. The highest BCUT2D eigenvalue weighted by Crippen LogP contribution is 2.53. The van der Waals surface area contributed by atoms with E-state index in [4.69, 9.17) is 4.74 Å². The Labute approximate surface area is 283 Å². The number of amides is 2. The highest BCUT2D eigenvalue weighted by molar-refractivity contribution is 7.90. The number of carbonyl (C=O) groups excluding carboxylic acids is 2. The minimum absolute atomic E-state index is 0.248. The Balaban J connectivity index is 1.25. The predicted octanol–water partition coefficient (Wildman–Crippen LogP) is 6.11. The summed E-state index contributed by atoms with van der Waals surface area (Å²) in [5, 5.41) is 4.16. The maximum atomic E-state index is 14.4. The molecule has 48 heavy (non-hydrogen) atoms. The molecule has 3 saturated heterocycles. The third kappa shape index (κ3) is 5.72. The molecule has 0 radical (unpaired) electrons. The lowest BCUT2D eigenvalue weighted by molar-refractivity contribution is -0.143. The van der Waals surface area contributed by atoms with Crippen molar-refractivity contribution >= 4 is 32.7 Å². The summed E-state index contributed by atoms with van der Waals surface area (Å²) >= 11 is 0. The zero-order valence-corrected chi connectivity index (χ0v) is 28.8. The average Bonchev–Trinajstić information content (AvgIpc) is 3.53. The van der Waals surface area contributed by atoms with E-state index >= 15 is 0 Å². The van der Waals surface area contributed by atoms with Crippen molar-refractivity contribution in [2.75, 3.05) is 20.2 Å². The molecule has 2 N–H and O–H groups in total. The van der Waals surface area contributed by atoms with E-state index in [2.05, 4.69) is 31.6 Å². The summed E-state index contributed by atoms with van der Waals surface area (Å²) < 4.78 is 36.5. The third-order valence-corrected chi connectivity index (χ3v) is 13.9. The molecule has 2 bridgehead atoms. The first-order valence-electron chi connectivity index (χ1n) is 18.2. The number of piperidine rings is 2. The van der Waals surface area contributed by atoms with Crippen molar-refractivity contribution in [3.8, 4) is 17.0 Å². The number of carbonyl (C=O) groups is 2. The molecule has 2 atom stereocenters. The molecule has 3 saturated carbocycles. The van der Waals surface area contributed by atoms with Crippen LogP contribution in [0.3, 0.4) is 0 Å². The number of rotatable bonds is 9. The monoisotopic (exact) mass is 672 g/mol. The maximum absolute atomic E-state index is 14.4. The number of ether oxygens (including phenoxy) is 1. The van der Waals surface area contributed by atoms with Crippen molar-refractivity contribution in [3.63, 3.8) is 0 Å². The summed E-state index contributed by atoms with van der Waals surface area (Å²) in [6, 6.07) is 14.5. The van der Waals surface area contributed by atoms with Gasteiger partial charge in [-0.25, -0.2) is 13.1 Å². The number of methoxy groups -OCH3 is 1. The second-order valence-electron chi connectivity index (χ2n) is 15.1. The Morgan fingerprint density at radius 3 is 2.29 bits per heavy atom. The average molecular weight is 673 g/mol. The second kappa shape index (κ2) is 12.5. The summed E-state index contributed by atoms with van der Waals surface area (Å²) in [5.74, 6) is 0.815. The summed E-state index contributed by atoms with van der Waals surface area (Å²) in [5.41, 5.74) is 4.19. The standard InChI is InChI=1S/C38H48N4O5S/c1-47-30-16-11-26(12-17-30)35-34(25-7-3-2-4-8-25)32-18-13-27(36(43)40-48(45,46)31-9-5-6-10-31)21-33(32)42(35)24-38(19-20-38)37(44)41-23-28-14-15-29(41)22-39-28/h11-13,16-18,21,25,28-29,31,39H,2-10,14-15,19-20,22-24H2,1H3,(H,40,43). The van der Waals surface area contributed by atoms with Crippen LogP contribution in [-0.2, 0) is 21.4 Å². The van der Waals surface area contributed by atoms with Gasteiger partial charge in [0, 0.05) is 48.2 Å². The lowest BCUT2D eigenvalue weighted by Crippen LogP contribution is -2.63. The van der Waals surface area contributed by atoms with Crippen LogP contribution in [0.2, 0.25) is 0 Å². The zero-order valence-electron chi connectivity index (χ0n) is 28.0. The highest BCUT2D eigenvalue weighted by atomic mass is 32.2. The van der Waals surface area contributed by atoms with Gasteiger partial charge in [-0.2, -0.15) is 0 Å². The van der Waals surface area contributed by atoms with Crippen molar-refractivity contribution in [1.82, 2.24) is 19.5 Å². The molecular weight excluding hydrogens is 625 g/mol. The van der Waals surface area contributed by atoms with Crippen molar-refractivity contribution in [1.29, 1.82) is 0 Å². The van der Waals surface area contributed by atoms with Crippen LogP contribution in [-0.4, -0.2) is 67.2 Å². The molecule has 6 aliphatic rings. The van der Waals surface area contributed by atoms with Gasteiger partial charge in [0.05, 0.1) is 23.5 Å².